The third kappa shape index (κ3) is 2.41. The van der Waals surface area contributed by atoms with E-state index < -0.39 is 14.3 Å². The fourth-order valence-corrected chi connectivity index (χ4v) is 2.84. The lowest BCUT2D eigenvalue weighted by Gasteiger charge is -2.17. The molecule has 1 fully saturated rings. The molecule has 0 radical (unpaired) electrons. The van der Waals surface area contributed by atoms with Crippen molar-refractivity contribution in [3.63, 3.8) is 0 Å². The van der Waals surface area contributed by atoms with Crippen LogP contribution in [0, 0.1) is 0 Å². The predicted molar refractivity (Wildman–Crippen MR) is 66.3 cm³/mol. The molecule has 1 atom stereocenters. The molecule has 0 saturated carbocycles. The summed E-state index contributed by atoms with van der Waals surface area (Å²) in [7, 11) is 2.97. The molecule has 98 valence electrons. The summed E-state index contributed by atoms with van der Waals surface area (Å²) in [6.45, 7) is -0.00194. The van der Waals surface area contributed by atoms with Crippen molar-refractivity contribution in [2.75, 3.05) is 18.6 Å². The first-order chi connectivity index (χ1) is 8.43. The molecule has 1 aliphatic heterocycles. The van der Waals surface area contributed by atoms with Crippen LogP contribution in [0.2, 0.25) is 0 Å². The molecule has 0 aliphatic carbocycles. The van der Waals surface area contributed by atoms with Gasteiger partial charge >= 0.3 is 0 Å². The summed E-state index contributed by atoms with van der Waals surface area (Å²) in [4.78, 5) is 17.1. The van der Waals surface area contributed by atoms with Crippen LogP contribution in [0.4, 0.5) is 5.82 Å². The molecule has 0 N–H and O–H groups in total. The summed E-state index contributed by atoms with van der Waals surface area (Å²) in [6.07, 6.45) is 1.37. The van der Waals surface area contributed by atoms with E-state index in [1.807, 2.05) is 0 Å². The van der Waals surface area contributed by atoms with E-state index in [4.69, 9.17) is 15.4 Å². The van der Waals surface area contributed by atoms with Crippen molar-refractivity contribution in [1.29, 1.82) is 0 Å². The van der Waals surface area contributed by atoms with Gasteiger partial charge in [-0.2, -0.15) is 0 Å². The molecular weight excluding hydrogens is 280 g/mol. The summed E-state index contributed by atoms with van der Waals surface area (Å²) in [5.41, 5.74) is 0. The number of methoxy groups -OCH3 is 1. The van der Waals surface area contributed by atoms with Gasteiger partial charge in [0, 0.05) is 29.8 Å². The maximum absolute atomic E-state index is 11.8. The van der Waals surface area contributed by atoms with Gasteiger partial charge in [-0.3, -0.25) is 9.69 Å². The zero-order valence-electron chi connectivity index (χ0n) is 9.54. The fraction of sp³-hybridized carbons (Fsp3) is 0.400. The van der Waals surface area contributed by atoms with Crippen molar-refractivity contribution in [3.05, 3.63) is 18.3 Å². The standard InChI is InChI=1S/C10H11ClN2O4S/c1-17-8-3-2-4-12-10(8)13-6-7(5-9(13)14)18(11,15)16/h2-4,7H,5-6H2,1H3. The van der Waals surface area contributed by atoms with Crippen LogP contribution >= 0.6 is 10.7 Å². The molecule has 0 bridgehead atoms. The van der Waals surface area contributed by atoms with E-state index in [1.54, 1.807) is 12.1 Å². The highest BCUT2D eigenvalue weighted by Crippen LogP contribution is 2.31. The third-order valence-electron chi connectivity index (χ3n) is 2.71. The van der Waals surface area contributed by atoms with Crippen LogP contribution in [0.5, 0.6) is 5.75 Å². The second-order valence-electron chi connectivity index (χ2n) is 3.84. The van der Waals surface area contributed by atoms with Crippen LogP contribution in [0.1, 0.15) is 6.42 Å². The topological polar surface area (TPSA) is 76.6 Å². The lowest BCUT2D eigenvalue weighted by atomic mass is 10.4. The number of hydrogen-bond donors (Lipinski definition) is 0. The number of nitrogens with zero attached hydrogens (tertiary/aromatic N) is 2. The van der Waals surface area contributed by atoms with Crippen molar-refractivity contribution >= 4 is 31.5 Å². The van der Waals surface area contributed by atoms with Crippen LogP contribution in [0.15, 0.2) is 18.3 Å². The Morgan fingerprint density at radius 2 is 2.28 bits per heavy atom. The summed E-state index contributed by atoms with van der Waals surface area (Å²) in [6, 6.07) is 3.32. The van der Waals surface area contributed by atoms with Crippen LogP contribution in [-0.2, 0) is 13.8 Å². The molecule has 1 aliphatic rings. The highest BCUT2D eigenvalue weighted by Gasteiger charge is 2.39. The monoisotopic (exact) mass is 290 g/mol. The lowest BCUT2D eigenvalue weighted by molar-refractivity contribution is -0.117. The largest absolute Gasteiger partial charge is 0.493 e. The Hall–Kier alpha value is -1.34. The number of pyridine rings is 1. The van der Waals surface area contributed by atoms with Crippen LogP contribution in [0.3, 0.4) is 0 Å². The maximum atomic E-state index is 11.8. The zero-order valence-corrected chi connectivity index (χ0v) is 11.1. The molecule has 6 nitrogen and oxygen atoms in total. The molecule has 8 heteroatoms. The van der Waals surface area contributed by atoms with E-state index in [0.717, 1.165) is 0 Å². The first-order valence-corrected chi connectivity index (χ1v) is 7.53. The Kier molecular flexibility index (Phi) is 3.45. The van der Waals surface area contributed by atoms with Gasteiger partial charge in [0.05, 0.1) is 7.11 Å². The number of halogens is 1. The van der Waals surface area contributed by atoms with Crippen molar-refractivity contribution in [2.45, 2.75) is 11.7 Å². The van der Waals surface area contributed by atoms with Crippen LogP contribution in [-0.4, -0.2) is 38.2 Å². The highest BCUT2D eigenvalue weighted by molar-refractivity contribution is 8.14. The van der Waals surface area contributed by atoms with E-state index in [-0.39, 0.29) is 18.9 Å². The summed E-state index contributed by atoms with van der Waals surface area (Å²) >= 11 is 0. The second kappa shape index (κ2) is 4.74. The quantitative estimate of drug-likeness (QED) is 0.768. The Bertz CT molecular complexity index is 575. The first-order valence-electron chi connectivity index (χ1n) is 5.16. The predicted octanol–water partition coefficient (Wildman–Crippen LogP) is 0.764. The molecule has 0 aromatic carbocycles. The maximum Gasteiger partial charge on any atom is 0.237 e. The molecule has 1 amide bonds. The number of anilines is 1. The molecule has 18 heavy (non-hydrogen) atoms. The third-order valence-corrected chi connectivity index (χ3v) is 4.58. The molecule has 1 aromatic heterocycles. The normalized spacial score (nSPS) is 20.2. The van der Waals surface area contributed by atoms with E-state index >= 15 is 0 Å². The van der Waals surface area contributed by atoms with Gasteiger partial charge in [-0.1, -0.05) is 0 Å². The minimum atomic E-state index is -3.75. The Balaban J connectivity index is 2.33. The molecule has 1 aromatic rings. The molecule has 2 heterocycles. The molecule has 2 rings (SSSR count). The van der Waals surface area contributed by atoms with Gasteiger partial charge in [-0.25, -0.2) is 13.4 Å². The summed E-state index contributed by atoms with van der Waals surface area (Å²) in [5.74, 6) is 0.396. The number of aromatic nitrogens is 1. The molecule has 1 saturated heterocycles. The SMILES string of the molecule is COc1cccnc1N1CC(S(=O)(=O)Cl)CC1=O. The van der Waals surface area contributed by atoms with Crippen LogP contribution in [0.25, 0.3) is 0 Å². The van der Waals surface area contributed by atoms with E-state index in [0.29, 0.717) is 11.6 Å². The number of amides is 1. The van der Waals surface area contributed by atoms with Gasteiger partial charge in [0.2, 0.25) is 15.0 Å². The fourth-order valence-electron chi connectivity index (χ4n) is 1.81. The lowest BCUT2D eigenvalue weighted by Crippen LogP contribution is -2.27. The summed E-state index contributed by atoms with van der Waals surface area (Å²) in [5, 5.41) is -0.904. The van der Waals surface area contributed by atoms with E-state index in [2.05, 4.69) is 4.98 Å². The first kappa shape index (κ1) is 13.1. The number of carbonyl (C=O) groups is 1. The molecule has 1 unspecified atom stereocenters. The smallest absolute Gasteiger partial charge is 0.237 e. The van der Waals surface area contributed by atoms with Gasteiger partial charge in [0.25, 0.3) is 0 Å². The van der Waals surface area contributed by atoms with Crippen molar-refractivity contribution in [1.82, 2.24) is 4.98 Å². The number of carbonyl (C=O) groups excluding carboxylic acids is 1. The molecular formula is C10H11ClN2O4S. The average molecular weight is 291 g/mol. The average Bonchev–Trinajstić information content (AvgIpc) is 2.71. The van der Waals surface area contributed by atoms with E-state index in [9.17, 15) is 13.2 Å². The number of ether oxygens (including phenoxy) is 1. The summed E-state index contributed by atoms with van der Waals surface area (Å²) < 4.78 is 27.6. The van der Waals surface area contributed by atoms with Crippen molar-refractivity contribution in [2.24, 2.45) is 0 Å². The molecule has 0 spiro atoms. The van der Waals surface area contributed by atoms with Gasteiger partial charge < -0.3 is 4.74 Å². The van der Waals surface area contributed by atoms with Gasteiger partial charge in [-0.05, 0) is 12.1 Å². The van der Waals surface area contributed by atoms with Crippen molar-refractivity contribution < 1.29 is 17.9 Å². The second-order valence-corrected chi connectivity index (χ2v) is 6.74. The minimum Gasteiger partial charge on any atom is -0.493 e. The van der Waals surface area contributed by atoms with E-state index in [1.165, 1.54) is 18.2 Å². The van der Waals surface area contributed by atoms with Crippen LogP contribution < -0.4 is 9.64 Å². The number of hydrogen-bond acceptors (Lipinski definition) is 5. The van der Waals surface area contributed by atoms with Gasteiger partial charge in [0.15, 0.2) is 11.6 Å². The number of rotatable bonds is 3. The highest BCUT2D eigenvalue weighted by atomic mass is 35.7. The minimum absolute atomic E-state index is 0.00194. The van der Waals surface area contributed by atoms with Crippen molar-refractivity contribution in [3.8, 4) is 5.75 Å². The van der Waals surface area contributed by atoms with Gasteiger partial charge in [-0.15, -0.1) is 0 Å². The Morgan fingerprint density at radius 3 is 2.83 bits per heavy atom. The Labute approximate surface area is 109 Å². The van der Waals surface area contributed by atoms with Gasteiger partial charge in [0.1, 0.15) is 5.25 Å². The zero-order chi connectivity index (χ0) is 13.3. The Morgan fingerprint density at radius 1 is 1.56 bits per heavy atom.